The van der Waals surface area contributed by atoms with Gasteiger partial charge in [0.25, 0.3) is 5.91 Å². The smallest absolute Gasteiger partial charge is 0.255 e. The van der Waals surface area contributed by atoms with Gasteiger partial charge in [0.1, 0.15) is 12.4 Å². The van der Waals surface area contributed by atoms with Crippen molar-refractivity contribution in [1.29, 1.82) is 0 Å². The normalized spacial score (nSPS) is 10.3. The minimum Gasteiger partial charge on any atom is -0.489 e. The van der Waals surface area contributed by atoms with Gasteiger partial charge in [-0.25, -0.2) is 0 Å². The highest BCUT2D eigenvalue weighted by molar-refractivity contribution is 6.04. The molecule has 0 aliphatic carbocycles. The molecule has 154 valence electrons. The van der Waals surface area contributed by atoms with Crippen molar-refractivity contribution in [2.24, 2.45) is 0 Å². The zero-order chi connectivity index (χ0) is 21.3. The van der Waals surface area contributed by atoms with Gasteiger partial charge in [0, 0.05) is 31.8 Å². The molecule has 3 rings (SSSR count). The third kappa shape index (κ3) is 6.21. The second kappa shape index (κ2) is 10.3. The molecular formula is C25H26N2O3. The largest absolute Gasteiger partial charge is 0.489 e. The molecule has 0 aliphatic rings. The lowest BCUT2D eigenvalue weighted by Crippen LogP contribution is -2.21. The summed E-state index contributed by atoms with van der Waals surface area (Å²) < 4.78 is 5.81. The Kier molecular flexibility index (Phi) is 7.22. The van der Waals surface area contributed by atoms with Crippen molar-refractivity contribution in [2.75, 3.05) is 19.4 Å². The van der Waals surface area contributed by atoms with Gasteiger partial charge in [0.05, 0.1) is 0 Å². The summed E-state index contributed by atoms with van der Waals surface area (Å²) in [4.78, 5) is 26.0. The summed E-state index contributed by atoms with van der Waals surface area (Å²) in [6.45, 7) is 0.444. The maximum atomic E-state index is 12.7. The Morgan fingerprint density at radius 2 is 1.60 bits per heavy atom. The van der Waals surface area contributed by atoms with Crippen LogP contribution >= 0.6 is 0 Å². The Labute approximate surface area is 177 Å². The Hall–Kier alpha value is -3.60. The SMILES string of the molecule is CN(C)C(=O)CCc1cccc(NC(=O)c2cccc(OCc3ccccc3)c2)c1. The van der Waals surface area contributed by atoms with Gasteiger partial charge in [-0.15, -0.1) is 0 Å². The molecule has 3 aromatic rings. The number of anilines is 1. The van der Waals surface area contributed by atoms with E-state index in [1.165, 1.54) is 0 Å². The first-order chi connectivity index (χ1) is 14.5. The van der Waals surface area contributed by atoms with Crippen LogP contribution in [0.5, 0.6) is 5.75 Å². The van der Waals surface area contributed by atoms with Gasteiger partial charge in [-0.1, -0.05) is 48.5 Å². The third-order valence-electron chi connectivity index (χ3n) is 4.66. The molecule has 3 aromatic carbocycles. The first kappa shape index (κ1) is 21.1. The monoisotopic (exact) mass is 402 g/mol. The molecule has 0 saturated carbocycles. The van der Waals surface area contributed by atoms with Crippen molar-refractivity contribution in [1.82, 2.24) is 4.90 Å². The minimum atomic E-state index is -0.207. The number of benzene rings is 3. The Morgan fingerprint density at radius 1 is 0.867 bits per heavy atom. The number of aryl methyl sites for hydroxylation is 1. The fourth-order valence-electron chi connectivity index (χ4n) is 2.95. The number of carbonyl (C=O) groups excluding carboxylic acids is 2. The average molecular weight is 402 g/mol. The Morgan fingerprint density at radius 3 is 2.37 bits per heavy atom. The van der Waals surface area contributed by atoms with E-state index < -0.39 is 0 Å². The molecule has 0 bridgehead atoms. The lowest BCUT2D eigenvalue weighted by Gasteiger charge is -2.11. The molecule has 0 saturated heterocycles. The molecule has 0 unspecified atom stereocenters. The molecule has 30 heavy (non-hydrogen) atoms. The molecule has 0 fully saturated rings. The van der Waals surface area contributed by atoms with Crippen LogP contribution in [0.4, 0.5) is 5.69 Å². The Bertz CT molecular complexity index is 1000. The number of rotatable bonds is 8. The average Bonchev–Trinajstić information content (AvgIpc) is 2.77. The lowest BCUT2D eigenvalue weighted by atomic mass is 10.1. The summed E-state index contributed by atoms with van der Waals surface area (Å²) in [5, 5.41) is 2.92. The summed E-state index contributed by atoms with van der Waals surface area (Å²) in [5.41, 5.74) is 3.29. The van der Waals surface area contributed by atoms with Crippen LogP contribution in [0.15, 0.2) is 78.9 Å². The third-order valence-corrected chi connectivity index (χ3v) is 4.66. The molecule has 5 nitrogen and oxygen atoms in total. The van der Waals surface area contributed by atoms with Crippen molar-refractivity contribution >= 4 is 17.5 Å². The maximum absolute atomic E-state index is 12.7. The number of hydrogen-bond acceptors (Lipinski definition) is 3. The molecule has 0 atom stereocenters. The quantitative estimate of drug-likeness (QED) is 0.602. The minimum absolute atomic E-state index is 0.0803. The highest BCUT2D eigenvalue weighted by Gasteiger charge is 2.09. The van der Waals surface area contributed by atoms with E-state index in [-0.39, 0.29) is 11.8 Å². The standard InChI is InChI=1S/C25H26N2O3/c1-27(2)24(28)15-14-19-10-6-12-22(16-19)26-25(29)21-11-7-13-23(17-21)30-18-20-8-4-3-5-9-20/h3-13,16-17H,14-15,18H2,1-2H3,(H,26,29). The van der Waals surface area contributed by atoms with Crippen LogP contribution < -0.4 is 10.1 Å². The van der Waals surface area contributed by atoms with E-state index in [2.05, 4.69) is 5.32 Å². The lowest BCUT2D eigenvalue weighted by molar-refractivity contribution is -0.128. The summed E-state index contributed by atoms with van der Waals surface area (Å²) >= 11 is 0. The fourth-order valence-corrected chi connectivity index (χ4v) is 2.95. The molecule has 0 aromatic heterocycles. The molecule has 5 heteroatoms. The predicted molar refractivity (Wildman–Crippen MR) is 119 cm³/mol. The van der Waals surface area contributed by atoms with Crippen LogP contribution in [0.3, 0.4) is 0 Å². The maximum Gasteiger partial charge on any atom is 0.255 e. The molecule has 0 heterocycles. The van der Waals surface area contributed by atoms with Crippen molar-refractivity contribution < 1.29 is 14.3 Å². The van der Waals surface area contributed by atoms with E-state index >= 15 is 0 Å². The first-order valence-corrected chi connectivity index (χ1v) is 9.88. The summed E-state index contributed by atoms with van der Waals surface area (Å²) in [5.74, 6) is 0.515. The Balaban J connectivity index is 1.60. The van der Waals surface area contributed by atoms with Gasteiger partial charge in [0.15, 0.2) is 0 Å². The highest BCUT2D eigenvalue weighted by Crippen LogP contribution is 2.18. The number of nitrogens with zero attached hydrogens (tertiary/aromatic N) is 1. The van der Waals surface area contributed by atoms with Crippen LogP contribution in [-0.4, -0.2) is 30.8 Å². The van der Waals surface area contributed by atoms with E-state index in [4.69, 9.17) is 4.74 Å². The first-order valence-electron chi connectivity index (χ1n) is 9.88. The van der Waals surface area contributed by atoms with Crippen LogP contribution in [0.2, 0.25) is 0 Å². The second-order valence-electron chi connectivity index (χ2n) is 7.24. The van der Waals surface area contributed by atoms with Crippen molar-refractivity contribution in [3.8, 4) is 5.75 Å². The van der Waals surface area contributed by atoms with E-state index in [1.54, 1.807) is 37.2 Å². The van der Waals surface area contributed by atoms with Crippen LogP contribution in [0.25, 0.3) is 0 Å². The summed E-state index contributed by atoms with van der Waals surface area (Å²) in [7, 11) is 3.49. The van der Waals surface area contributed by atoms with Gasteiger partial charge >= 0.3 is 0 Å². The molecule has 0 spiro atoms. The summed E-state index contributed by atoms with van der Waals surface area (Å²) in [6, 6.07) is 24.6. The molecule has 0 radical (unpaired) electrons. The highest BCUT2D eigenvalue weighted by atomic mass is 16.5. The number of ether oxygens (including phenoxy) is 1. The predicted octanol–water partition coefficient (Wildman–Crippen LogP) is 4.54. The topological polar surface area (TPSA) is 58.6 Å². The van der Waals surface area contributed by atoms with Crippen molar-refractivity contribution in [3.05, 3.63) is 95.6 Å². The number of carbonyl (C=O) groups is 2. The van der Waals surface area contributed by atoms with E-state index in [0.717, 1.165) is 11.1 Å². The second-order valence-corrected chi connectivity index (χ2v) is 7.24. The number of nitrogens with one attached hydrogen (secondary N) is 1. The zero-order valence-electron chi connectivity index (χ0n) is 17.3. The van der Waals surface area contributed by atoms with Gasteiger partial charge in [-0.05, 0) is 47.9 Å². The van der Waals surface area contributed by atoms with E-state index in [0.29, 0.717) is 36.4 Å². The van der Waals surface area contributed by atoms with Crippen molar-refractivity contribution in [2.45, 2.75) is 19.4 Å². The van der Waals surface area contributed by atoms with Crippen LogP contribution in [0, 0.1) is 0 Å². The van der Waals surface area contributed by atoms with Crippen molar-refractivity contribution in [3.63, 3.8) is 0 Å². The number of hydrogen-bond donors (Lipinski definition) is 1. The number of amides is 2. The molecule has 1 N–H and O–H groups in total. The summed E-state index contributed by atoms with van der Waals surface area (Å²) in [6.07, 6.45) is 1.06. The van der Waals surface area contributed by atoms with E-state index in [9.17, 15) is 9.59 Å². The van der Waals surface area contributed by atoms with E-state index in [1.807, 2.05) is 60.7 Å². The molecular weight excluding hydrogens is 376 g/mol. The van der Waals surface area contributed by atoms with Gasteiger partial charge in [0.2, 0.25) is 5.91 Å². The van der Waals surface area contributed by atoms with Gasteiger partial charge in [-0.3, -0.25) is 9.59 Å². The van der Waals surface area contributed by atoms with Gasteiger partial charge < -0.3 is 15.0 Å². The molecule has 2 amide bonds. The van der Waals surface area contributed by atoms with Crippen LogP contribution in [-0.2, 0) is 17.8 Å². The van der Waals surface area contributed by atoms with Crippen LogP contribution in [0.1, 0.15) is 27.9 Å². The molecule has 0 aliphatic heterocycles. The zero-order valence-corrected chi connectivity index (χ0v) is 17.3. The van der Waals surface area contributed by atoms with Gasteiger partial charge in [-0.2, -0.15) is 0 Å². The fraction of sp³-hybridized carbons (Fsp3) is 0.200.